The van der Waals surface area contributed by atoms with Gasteiger partial charge in [-0.1, -0.05) is 6.92 Å². The van der Waals surface area contributed by atoms with E-state index < -0.39 is 0 Å². The van der Waals surface area contributed by atoms with Crippen LogP contribution in [0, 0.1) is 13.8 Å². The van der Waals surface area contributed by atoms with Crippen LogP contribution in [0.2, 0.25) is 0 Å². The standard InChI is InChI=1S/C12H22N4/c1-4-5-13-6-7-14-9-12-8-10(2)15-16-11(12)3/h8,13-14H,4-7,9H2,1-3H3. The van der Waals surface area contributed by atoms with Crippen molar-refractivity contribution in [2.24, 2.45) is 0 Å². The normalized spacial score (nSPS) is 10.7. The van der Waals surface area contributed by atoms with E-state index in [1.54, 1.807) is 0 Å². The van der Waals surface area contributed by atoms with Gasteiger partial charge in [-0.2, -0.15) is 10.2 Å². The highest BCUT2D eigenvalue weighted by Gasteiger charge is 2.00. The molecule has 0 amide bonds. The zero-order chi connectivity index (χ0) is 11.8. The highest BCUT2D eigenvalue weighted by Crippen LogP contribution is 2.04. The van der Waals surface area contributed by atoms with E-state index in [-0.39, 0.29) is 0 Å². The summed E-state index contributed by atoms with van der Waals surface area (Å²) in [7, 11) is 0. The summed E-state index contributed by atoms with van der Waals surface area (Å²) in [5.74, 6) is 0. The second-order valence-corrected chi connectivity index (χ2v) is 4.02. The Kier molecular flexibility index (Phi) is 5.96. The van der Waals surface area contributed by atoms with Gasteiger partial charge in [0.05, 0.1) is 11.4 Å². The Morgan fingerprint density at radius 3 is 2.56 bits per heavy atom. The molecule has 0 spiro atoms. The molecule has 4 heteroatoms. The minimum Gasteiger partial charge on any atom is -0.315 e. The summed E-state index contributed by atoms with van der Waals surface area (Å²) in [4.78, 5) is 0. The van der Waals surface area contributed by atoms with Crippen LogP contribution < -0.4 is 10.6 Å². The molecule has 4 nitrogen and oxygen atoms in total. The molecule has 0 radical (unpaired) electrons. The van der Waals surface area contributed by atoms with E-state index in [1.165, 1.54) is 12.0 Å². The Bertz CT molecular complexity index is 312. The Balaban J connectivity index is 2.23. The summed E-state index contributed by atoms with van der Waals surface area (Å²) >= 11 is 0. The molecule has 1 heterocycles. The highest BCUT2D eigenvalue weighted by atomic mass is 15.1. The summed E-state index contributed by atoms with van der Waals surface area (Å²) in [5.41, 5.74) is 3.23. The van der Waals surface area contributed by atoms with Crippen LogP contribution in [-0.4, -0.2) is 29.8 Å². The van der Waals surface area contributed by atoms with Crippen LogP contribution in [-0.2, 0) is 6.54 Å². The lowest BCUT2D eigenvalue weighted by Crippen LogP contribution is -2.27. The predicted octanol–water partition coefficient (Wildman–Crippen LogP) is 1.18. The molecule has 0 saturated heterocycles. The topological polar surface area (TPSA) is 49.8 Å². The Morgan fingerprint density at radius 1 is 1.06 bits per heavy atom. The van der Waals surface area contributed by atoms with Crippen molar-refractivity contribution in [2.45, 2.75) is 33.7 Å². The van der Waals surface area contributed by atoms with Crippen molar-refractivity contribution >= 4 is 0 Å². The number of hydrogen-bond acceptors (Lipinski definition) is 4. The Hall–Kier alpha value is -1.00. The van der Waals surface area contributed by atoms with Crippen LogP contribution in [0.5, 0.6) is 0 Å². The van der Waals surface area contributed by atoms with Gasteiger partial charge in [-0.05, 0) is 38.4 Å². The van der Waals surface area contributed by atoms with Gasteiger partial charge in [0.1, 0.15) is 0 Å². The Morgan fingerprint density at radius 2 is 1.81 bits per heavy atom. The fourth-order valence-electron chi connectivity index (χ4n) is 1.48. The molecule has 0 bridgehead atoms. The second-order valence-electron chi connectivity index (χ2n) is 4.02. The molecule has 1 aromatic heterocycles. The van der Waals surface area contributed by atoms with Crippen molar-refractivity contribution in [3.63, 3.8) is 0 Å². The first-order chi connectivity index (χ1) is 7.74. The quantitative estimate of drug-likeness (QED) is 0.680. The molecule has 0 atom stereocenters. The summed E-state index contributed by atoms with van der Waals surface area (Å²) in [6.45, 7) is 10.1. The SMILES string of the molecule is CCCNCCNCc1cc(C)nnc1C. The first-order valence-electron chi connectivity index (χ1n) is 5.95. The summed E-state index contributed by atoms with van der Waals surface area (Å²) < 4.78 is 0. The second kappa shape index (κ2) is 7.30. The number of hydrogen-bond donors (Lipinski definition) is 2. The van der Waals surface area contributed by atoms with Crippen molar-refractivity contribution in [3.05, 3.63) is 23.0 Å². The average molecular weight is 222 g/mol. The van der Waals surface area contributed by atoms with E-state index in [9.17, 15) is 0 Å². The van der Waals surface area contributed by atoms with E-state index in [1.807, 2.05) is 13.8 Å². The largest absolute Gasteiger partial charge is 0.315 e. The van der Waals surface area contributed by atoms with Crippen molar-refractivity contribution in [2.75, 3.05) is 19.6 Å². The Labute approximate surface area is 97.9 Å². The van der Waals surface area contributed by atoms with Crippen molar-refractivity contribution < 1.29 is 0 Å². The van der Waals surface area contributed by atoms with Crippen LogP contribution in [0.1, 0.15) is 30.3 Å². The van der Waals surface area contributed by atoms with Crippen molar-refractivity contribution in [1.82, 2.24) is 20.8 Å². The molecule has 0 aliphatic carbocycles. The number of aromatic nitrogens is 2. The predicted molar refractivity (Wildman–Crippen MR) is 66.4 cm³/mol. The molecule has 0 aliphatic rings. The van der Waals surface area contributed by atoms with E-state index in [4.69, 9.17) is 0 Å². The molecule has 0 aliphatic heterocycles. The van der Waals surface area contributed by atoms with Crippen molar-refractivity contribution in [1.29, 1.82) is 0 Å². The van der Waals surface area contributed by atoms with Gasteiger partial charge < -0.3 is 10.6 Å². The van der Waals surface area contributed by atoms with Gasteiger partial charge in [-0.3, -0.25) is 0 Å². The molecule has 0 saturated carbocycles. The molecule has 0 fully saturated rings. The zero-order valence-corrected chi connectivity index (χ0v) is 10.5. The fourth-order valence-corrected chi connectivity index (χ4v) is 1.48. The lowest BCUT2D eigenvalue weighted by atomic mass is 10.2. The van der Waals surface area contributed by atoms with Crippen LogP contribution in [0.25, 0.3) is 0 Å². The maximum Gasteiger partial charge on any atom is 0.0645 e. The minimum atomic E-state index is 0.871. The van der Waals surface area contributed by atoms with Crippen LogP contribution in [0.4, 0.5) is 0 Å². The number of nitrogens with zero attached hydrogens (tertiary/aromatic N) is 2. The smallest absolute Gasteiger partial charge is 0.0645 e. The fraction of sp³-hybridized carbons (Fsp3) is 0.667. The van der Waals surface area contributed by atoms with E-state index in [0.29, 0.717) is 0 Å². The van der Waals surface area contributed by atoms with E-state index >= 15 is 0 Å². The van der Waals surface area contributed by atoms with Crippen LogP contribution >= 0.6 is 0 Å². The number of aryl methyl sites for hydroxylation is 2. The molecular formula is C12H22N4. The number of nitrogens with one attached hydrogen (secondary N) is 2. The molecule has 1 aromatic rings. The van der Waals surface area contributed by atoms with Gasteiger partial charge in [0, 0.05) is 19.6 Å². The van der Waals surface area contributed by atoms with E-state index in [0.717, 1.165) is 37.6 Å². The van der Waals surface area contributed by atoms with Gasteiger partial charge >= 0.3 is 0 Å². The summed E-state index contributed by atoms with van der Waals surface area (Å²) in [6.07, 6.45) is 1.19. The highest BCUT2D eigenvalue weighted by molar-refractivity contribution is 5.19. The van der Waals surface area contributed by atoms with Gasteiger partial charge in [0.2, 0.25) is 0 Å². The monoisotopic (exact) mass is 222 g/mol. The number of rotatable bonds is 7. The van der Waals surface area contributed by atoms with Crippen LogP contribution in [0.15, 0.2) is 6.07 Å². The third-order valence-corrected chi connectivity index (χ3v) is 2.43. The molecule has 0 unspecified atom stereocenters. The summed E-state index contributed by atoms with van der Waals surface area (Å²) in [6, 6.07) is 2.09. The molecular weight excluding hydrogens is 200 g/mol. The molecule has 2 N–H and O–H groups in total. The van der Waals surface area contributed by atoms with Crippen LogP contribution in [0.3, 0.4) is 0 Å². The maximum atomic E-state index is 4.10. The maximum absolute atomic E-state index is 4.10. The molecule has 1 rings (SSSR count). The van der Waals surface area contributed by atoms with Gasteiger partial charge in [0.25, 0.3) is 0 Å². The molecule has 90 valence electrons. The van der Waals surface area contributed by atoms with Gasteiger partial charge in [-0.15, -0.1) is 0 Å². The molecule has 16 heavy (non-hydrogen) atoms. The molecule has 0 aromatic carbocycles. The van der Waals surface area contributed by atoms with E-state index in [2.05, 4.69) is 33.8 Å². The third-order valence-electron chi connectivity index (χ3n) is 2.43. The summed E-state index contributed by atoms with van der Waals surface area (Å²) in [5, 5.41) is 14.9. The van der Waals surface area contributed by atoms with Crippen molar-refractivity contribution in [3.8, 4) is 0 Å². The van der Waals surface area contributed by atoms with Gasteiger partial charge in [0.15, 0.2) is 0 Å². The lowest BCUT2D eigenvalue weighted by Gasteiger charge is -2.08. The average Bonchev–Trinajstić information content (AvgIpc) is 2.28. The minimum absolute atomic E-state index is 0.871. The first-order valence-corrected chi connectivity index (χ1v) is 5.95. The lowest BCUT2D eigenvalue weighted by molar-refractivity contribution is 0.604. The first kappa shape index (κ1) is 13.1. The zero-order valence-electron chi connectivity index (χ0n) is 10.5. The van der Waals surface area contributed by atoms with Gasteiger partial charge in [-0.25, -0.2) is 0 Å². The third kappa shape index (κ3) is 4.68.